The predicted molar refractivity (Wildman–Crippen MR) is 111 cm³/mol. The second-order valence-electron chi connectivity index (χ2n) is 7.26. The Hall–Kier alpha value is -2.98. The van der Waals surface area contributed by atoms with E-state index in [0.29, 0.717) is 12.1 Å². The molecule has 0 aromatic heterocycles. The highest BCUT2D eigenvalue weighted by Crippen LogP contribution is 2.21. The van der Waals surface area contributed by atoms with Gasteiger partial charge in [0.25, 0.3) is 5.91 Å². The van der Waals surface area contributed by atoms with Gasteiger partial charge in [0.05, 0.1) is 0 Å². The summed E-state index contributed by atoms with van der Waals surface area (Å²) >= 11 is 0. The summed E-state index contributed by atoms with van der Waals surface area (Å²) < 4.78 is 13.4. The van der Waals surface area contributed by atoms with Gasteiger partial charge in [-0.1, -0.05) is 48.5 Å². The molecule has 0 bridgehead atoms. The maximum absolute atomic E-state index is 13.4. The number of carbonyl (C=O) groups excluding carboxylic acids is 1. The summed E-state index contributed by atoms with van der Waals surface area (Å²) in [4.78, 5) is 16.7. The Bertz CT molecular complexity index is 951. The Labute approximate surface area is 166 Å². The molecule has 0 aliphatic heterocycles. The van der Waals surface area contributed by atoms with Crippen LogP contribution in [0.1, 0.15) is 21.5 Å². The van der Waals surface area contributed by atoms with Crippen molar-refractivity contribution in [1.29, 1.82) is 0 Å². The molecule has 3 aromatic carbocycles. The SMILES string of the molecule is CN(C)Cc1ccccc1CN(C)C(=O)c1ccc(-c2cccc(F)c2)cc1. The normalized spacial score (nSPS) is 10.9. The van der Waals surface area contributed by atoms with Crippen LogP contribution in [0.5, 0.6) is 0 Å². The van der Waals surface area contributed by atoms with Gasteiger partial charge in [-0.25, -0.2) is 4.39 Å². The van der Waals surface area contributed by atoms with E-state index in [1.54, 1.807) is 23.1 Å². The number of halogens is 1. The first-order valence-corrected chi connectivity index (χ1v) is 9.27. The molecular formula is C24H25FN2O. The molecule has 28 heavy (non-hydrogen) atoms. The molecule has 0 heterocycles. The number of hydrogen-bond acceptors (Lipinski definition) is 2. The lowest BCUT2D eigenvalue weighted by Crippen LogP contribution is -2.27. The number of rotatable bonds is 6. The molecule has 4 heteroatoms. The third kappa shape index (κ3) is 4.84. The Kier molecular flexibility index (Phi) is 6.22. The van der Waals surface area contributed by atoms with Gasteiger partial charge in [0.1, 0.15) is 5.82 Å². The van der Waals surface area contributed by atoms with Crippen molar-refractivity contribution in [3.05, 3.63) is 95.3 Å². The summed E-state index contributed by atoms with van der Waals surface area (Å²) in [6.45, 7) is 1.38. The maximum Gasteiger partial charge on any atom is 0.253 e. The van der Waals surface area contributed by atoms with Crippen molar-refractivity contribution >= 4 is 5.91 Å². The van der Waals surface area contributed by atoms with Gasteiger partial charge in [-0.3, -0.25) is 4.79 Å². The monoisotopic (exact) mass is 376 g/mol. The fraction of sp³-hybridized carbons (Fsp3) is 0.208. The highest BCUT2D eigenvalue weighted by molar-refractivity contribution is 5.94. The highest BCUT2D eigenvalue weighted by atomic mass is 19.1. The summed E-state index contributed by atoms with van der Waals surface area (Å²) in [5.74, 6) is -0.306. The van der Waals surface area contributed by atoms with Crippen LogP contribution in [-0.4, -0.2) is 36.9 Å². The zero-order chi connectivity index (χ0) is 20.1. The number of nitrogens with zero attached hydrogens (tertiary/aromatic N) is 2. The van der Waals surface area contributed by atoms with Crippen LogP contribution in [0, 0.1) is 5.82 Å². The van der Waals surface area contributed by atoms with E-state index in [9.17, 15) is 9.18 Å². The van der Waals surface area contributed by atoms with Gasteiger partial charge in [-0.15, -0.1) is 0 Å². The van der Waals surface area contributed by atoms with Gasteiger partial charge in [0, 0.05) is 25.7 Å². The van der Waals surface area contributed by atoms with E-state index < -0.39 is 0 Å². The average molecular weight is 376 g/mol. The van der Waals surface area contributed by atoms with Crippen LogP contribution >= 0.6 is 0 Å². The van der Waals surface area contributed by atoms with E-state index in [4.69, 9.17) is 0 Å². The largest absolute Gasteiger partial charge is 0.337 e. The van der Waals surface area contributed by atoms with E-state index in [2.05, 4.69) is 17.0 Å². The smallest absolute Gasteiger partial charge is 0.253 e. The van der Waals surface area contributed by atoms with E-state index in [1.807, 2.05) is 51.5 Å². The van der Waals surface area contributed by atoms with Crippen molar-refractivity contribution in [3.63, 3.8) is 0 Å². The summed E-state index contributed by atoms with van der Waals surface area (Å²) in [7, 11) is 5.88. The summed E-state index contributed by atoms with van der Waals surface area (Å²) in [5.41, 5.74) is 4.66. The molecule has 3 aromatic rings. The van der Waals surface area contributed by atoms with Crippen LogP contribution < -0.4 is 0 Å². The molecule has 0 saturated heterocycles. The zero-order valence-corrected chi connectivity index (χ0v) is 16.5. The Morgan fingerprint density at radius 2 is 1.43 bits per heavy atom. The fourth-order valence-electron chi connectivity index (χ4n) is 3.23. The second kappa shape index (κ2) is 8.81. The van der Waals surface area contributed by atoms with E-state index in [-0.39, 0.29) is 11.7 Å². The lowest BCUT2D eigenvalue weighted by molar-refractivity contribution is 0.0784. The minimum absolute atomic E-state index is 0.0366. The molecule has 1 amide bonds. The van der Waals surface area contributed by atoms with Crippen LogP contribution in [0.15, 0.2) is 72.8 Å². The van der Waals surface area contributed by atoms with Gasteiger partial charge in [-0.2, -0.15) is 0 Å². The summed E-state index contributed by atoms with van der Waals surface area (Å²) in [6, 6.07) is 21.9. The number of benzene rings is 3. The minimum Gasteiger partial charge on any atom is -0.337 e. The van der Waals surface area contributed by atoms with Crippen molar-refractivity contribution < 1.29 is 9.18 Å². The van der Waals surface area contributed by atoms with E-state index >= 15 is 0 Å². The molecular weight excluding hydrogens is 351 g/mol. The molecule has 0 atom stereocenters. The Balaban J connectivity index is 1.73. The second-order valence-corrected chi connectivity index (χ2v) is 7.26. The van der Waals surface area contributed by atoms with E-state index in [0.717, 1.165) is 23.2 Å². The summed E-state index contributed by atoms with van der Waals surface area (Å²) in [6.07, 6.45) is 0. The molecule has 0 unspecified atom stereocenters. The molecule has 0 N–H and O–H groups in total. The molecule has 3 nitrogen and oxygen atoms in total. The summed E-state index contributed by atoms with van der Waals surface area (Å²) in [5, 5.41) is 0. The molecule has 0 saturated carbocycles. The predicted octanol–water partition coefficient (Wildman–Crippen LogP) is 4.83. The molecule has 0 radical (unpaired) electrons. The van der Waals surface area contributed by atoms with Crippen molar-refractivity contribution in [2.45, 2.75) is 13.1 Å². The zero-order valence-electron chi connectivity index (χ0n) is 16.5. The number of carbonyl (C=O) groups is 1. The molecule has 0 aliphatic rings. The lowest BCUT2D eigenvalue weighted by atomic mass is 10.0. The average Bonchev–Trinajstić information content (AvgIpc) is 2.68. The fourth-order valence-corrected chi connectivity index (χ4v) is 3.23. The Morgan fingerprint density at radius 1 is 0.786 bits per heavy atom. The number of amides is 1. The van der Waals surface area contributed by atoms with E-state index in [1.165, 1.54) is 17.7 Å². The van der Waals surface area contributed by atoms with Crippen LogP contribution in [0.4, 0.5) is 4.39 Å². The molecule has 0 aliphatic carbocycles. The first kappa shape index (κ1) is 19.8. The third-order valence-corrected chi connectivity index (χ3v) is 4.65. The van der Waals surface area contributed by atoms with Gasteiger partial charge >= 0.3 is 0 Å². The van der Waals surface area contributed by atoms with Gasteiger partial charge in [0.15, 0.2) is 0 Å². The minimum atomic E-state index is -0.270. The van der Waals surface area contributed by atoms with Crippen molar-refractivity contribution in [1.82, 2.24) is 9.80 Å². The topological polar surface area (TPSA) is 23.6 Å². The lowest BCUT2D eigenvalue weighted by Gasteiger charge is -2.21. The van der Waals surface area contributed by atoms with Crippen LogP contribution in [0.25, 0.3) is 11.1 Å². The maximum atomic E-state index is 13.4. The number of hydrogen-bond donors (Lipinski definition) is 0. The third-order valence-electron chi connectivity index (χ3n) is 4.65. The van der Waals surface area contributed by atoms with Crippen LogP contribution in [-0.2, 0) is 13.1 Å². The Morgan fingerprint density at radius 3 is 2.04 bits per heavy atom. The van der Waals surface area contributed by atoms with Gasteiger partial charge < -0.3 is 9.80 Å². The molecule has 144 valence electrons. The quantitative estimate of drug-likeness (QED) is 0.615. The van der Waals surface area contributed by atoms with Crippen LogP contribution in [0.2, 0.25) is 0 Å². The van der Waals surface area contributed by atoms with Crippen molar-refractivity contribution in [3.8, 4) is 11.1 Å². The van der Waals surface area contributed by atoms with Gasteiger partial charge in [-0.05, 0) is 60.6 Å². The first-order valence-electron chi connectivity index (χ1n) is 9.27. The highest BCUT2D eigenvalue weighted by Gasteiger charge is 2.14. The molecule has 3 rings (SSSR count). The van der Waals surface area contributed by atoms with Crippen LogP contribution in [0.3, 0.4) is 0 Å². The molecule has 0 spiro atoms. The first-order chi connectivity index (χ1) is 13.4. The molecule has 0 fully saturated rings. The van der Waals surface area contributed by atoms with Crippen molar-refractivity contribution in [2.24, 2.45) is 0 Å². The van der Waals surface area contributed by atoms with Gasteiger partial charge in [0.2, 0.25) is 0 Å². The standard InChI is InChI=1S/C24H25FN2O/c1-26(2)16-21-7-4-5-8-22(21)17-27(3)24(28)19-13-11-18(12-14-19)20-9-6-10-23(25)15-20/h4-15H,16-17H2,1-3H3. The van der Waals surface area contributed by atoms with Crippen molar-refractivity contribution in [2.75, 3.05) is 21.1 Å².